The maximum Gasteiger partial charge on any atom is 0.251 e. The lowest BCUT2D eigenvalue weighted by Gasteiger charge is -2.15. The Bertz CT molecular complexity index is 925. The third-order valence-electron chi connectivity index (χ3n) is 4.56. The summed E-state index contributed by atoms with van der Waals surface area (Å²) in [7, 11) is -2.12. The molecular formula is C23H32N2O5S. The Morgan fingerprint density at radius 3 is 2.23 bits per heavy atom. The first-order valence-corrected chi connectivity index (χ1v) is 11.8. The lowest BCUT2D eigenvalue weighted by molar-refractivity contribution is 0.0938. The van der Waals surface area contributed by atoms with Crippen molar-refractivity contribution in [1.29, 1.82) is 0 Å². The molecule has 2 rings (SSSR count). The Kier molecular flexibility index (Phi) is 9.48. The van der Waals surface area contributed by atoms with E-state index in [0.717, 1.165) is 18.6 Å². The predicted molar refractivity (Wildman–Crippen MR) is 121 cm³/mol. The summed E-state index contributed by atoms with van der Waals surface area (Å²) in [5.74, 6) is 0.615. The summed E-state index contributed by atoms with van der Waals surface area (Å²) in [5.41, 5.74) is 1.59. The monoisotopic (exact) mass is 448 g/mol. The molecule has 0 heterocycles. The molecule has 0 aliphatic heterocycles. The second kappa shape index (κ2) is 11.8. The van der Waals surface area contributed by atoms with Crippen LogP contribution >= 0.6 is 0 Å². The van der Waals surface area contributed by atoms with Crippen molar-refractivity contribution < 1.29 is 22.7 Å². The standard InChI is InChI=1S/C23H32N2O5S/c1-17(2)30-21-11-7-19(8-12-21)6-5-18(3)25-23(26)20-9-13-22(14-10-20)31(27,28)24-15-16-29-4/h7-14,17-18,24H,5-6,15-16H2,1-4H3,(H,25,26). The summed E-state index contributed by atoms with van der Waals surface area (Å²) in [6.07, 6.45) is 1.75. The molecule has 0 saturated carbocycles. The van der Waals surface area contributed by atoms with E-state index in [0.29, 0.717) is 5.56 Å². The summed E-state index contributed by atoms with van der Waals surface area (Å²) in [6.45, 7) is 6.40. The number of carbonyl (C=O) groups excluding carboxylic acids is 1. The van der Waals surface area contributed by atoms with Crippen LogP contribution in [0.4, 0.5) is 0 Å². The van der Waals surface area contributed by atoms with Crippen LogP contribution in [0.3, 0.4) is 0 Å². The minimum Gasteiger partial charge on any atom is -0.491 e. The van der Waals surface area contributed by atoms with Gasteiger partial charge in [0, 0.05) is 25.3 Å². The number of rotatable bonds is 12. The molecule has 0 fully saturated rings. The molecule has 2 aromatic carbocycles. The number of hydrogen-bond donors (Lipinski definition) is 2. The highest BCUT2D eigenvalue weighted by molar-refractivity contribution is 7.89. The van der Waals surface area contributed by atoms with Crippen molar-refractivity contribution in [3.63, 3.8) is 0 Å². The molecule has 1 atom stereocenters. The van der Waals surface area contributed by atoms with Gasteiger partial charge in [-0.1, -0.05) is 12.1 Å². The third-order valence-corrected chi connectivity index (χ3v) is 6.04. The Hall–Kier alpha value is -2.42. The van der Waals surface area contributed by atoms with Crippen molar-refractivity contribution in [2.75, 3.05) is 20.3 Å². The largest absolute Gasteiger partial charge is 0.491 e. The number of nitrogens with one attached hydrogen (secondary N) is 2. The molecule has 0 spiro atoms. The fraction of sp³-hybridized carbons (Fsp3) is 0.435. The highest BCUT2D eigenvalue weighted by Crippen LogP contribution is 2.16. The van der Waals surface area contributed by atoms with Crippen molar-refractivity contribution >= 4 is 15.9 Å². The molecule has 2 N–H and O–H groups in total. The van der Waals surface area contributed by atoms with Crippen molar-refractivity contribution in [2.24, 2.45) is 0 Å². The molecule has 0 saturated heterocycles. The number of amides is 1. The lowest BCUT2D eigenvalue weighted by Crippen LogP contribution is -2.33. The van der Waals surface area contributed by atoms with E-state index in [2.05, 4.69) is 10.0 Å². The van der Waals surface area contributed by atoms with Gasteiger partial charge in [-0.3, -0.25) is 4.79 Å². The summed E-state index contributed by atoms with van der Waals surface area (Å²) < 4.78 is 37.3. The average molecular weight is 449 g/mol. The number of aryl methyl sites for hydroxylation is 1. The second-order valence-corrected chi connectivity index (χ2v) is 9.41. The normalized spacial score (nSPS) is 12.5. The molecule has 2 aromatic rings. The van der Waals surface area contributed by atoms with Crippen LogP contribution in [0.2, 0.25) is 0 Å². The smallest absolute Gasteiger partial charge is 0.251 e. The first-order valence-electron chi connectivity index (χ1n) is 10.4. The number of hydrogen-bond acceptors (Lipinski definition) is 5. The lowest BCUT2D eigenvalue weighted by atomic mass is 10.1. The summed E-state index contributed by atoms with van der Waals surface area (Å²) in [4.78, 5) is 12.6. The molecule has 0 aliphatic carbocycles. The van der Waals surface area contributed by atoms with E-state index in [-0.39, 0.29) is 36.1 Å². The molecule has 8 heteroatoms. The van der Waals surface area contributed by atoms with Crippen LogP contribution < -0.4 is 14.8 Å². The zero-order valence-corrected chi connectivity index (χ0v) is 19.4. The topological polar surface area (TPSA) is 93.7 Å². The minimum atomic E-state index is -3.62. The van der Waals surface area contributed by atoms with Crippen molar-refractivity contribution in [3.05, 3.63) is 59.7 Å². The fourth-order valence-electron chi connectivity index (χ4n) is 2.92. The molecule has 0 aromatic heterocycles. The second-order valence-electron chi connectivity index (χ2n) is 7.64. The maximum absolute atomic E-state index is 12.5. The number of methoxy groups -OCH3 is 1. The van der Waals surface area contributed by atoms with Crippen LogP contribution in [-0.2, 0) is 21.2 Å². The maximum atomic E-state index is 12.5. The van der Waals surface area contributed by atoms with Crippen LogP contribution in [0, 0.1) is 0 Å². The molecule has 0 radical (unpaired) electrons. The van der Waals surface area contributed by atoms with Gasteiger partial charge in [-0.2, -0.15) is 0 Å². The molecule has 0 aliphatic rings. The van der Waals surface area contributed by atoms with Gasteiger partial charge >= 0.3 is 0 Å². The fourth-order valence-corrected chi connectivity index (χ4v) is 3.93. The van der Waals surface area contributed by atoms with Crippen LogP contribution in [0.5, 0.6) is 5.75 Å². The molecule has 1 unspecified atom stereocenters. The van der Waals surface area contributed by atoms with Gasteiger partial charge in [0.25, 0.3) is 5.91 Å². The zero-order chi connectivity index (χ0) is 22.9. The van der Waals surface area contributed by atoms with E-state index in [1.54, 1.807) is 0 Å². The van der Waals surface area contributed by atoms with Crippen LogP contribution in [-0.4, -0.2) is 46.7 Å². The first-order chi connectivity index (χ1) is 14.7. The number of ether oxygens (including phenoxy) is 2. The van der Waals surface area contributed by atoms with Crippen LogP contribution in [0.1, 0.15) is 43.1 Å². The molecule has 170 valence electrons. The Morgan fingerprint density at radius 2 is 1.65 bits per heavy atom. The highest BCUT2D eigenvalue weighted by Gasteiger charge is 2.15. The van der Waals surface area contributed by atoms with E-state index in [1.807, 2.05) is 45.0 Å². The van der Waals surface area contributed by atoms with Gasteiger partial charge in [0.2, 0.25) is 10.0 Å². The predicted octanol–water partition coefficient (Wildman–Crippen LogP) is 3.15. The average Bonchev–Trinajstić information content (AvgIpc) is 2.73. The quantitative estimate of drug-likeness (QED) is 0.487. The third kappa shape index (κ3) is 8.32. The van der Waals surface area contributed by atoms with E-state index in [1.165, 1.54) is 36.9 Å². The van der Waals surface area contributed by atoms with Gasteiger partial charge in [0.1, 0.15) is 5.75 Å². The summed E-state index contributed by atoms with van der Waals surface area (Å²) in [5, 5.41) is 2.96. The van der Waals surface area contributed by atoms with E-state index < -0.39 is 10.0 Å². The van der Waals surface area contributed by atoms with Crippen LogP contribution in [0.15, 0.2) is 53.4 Å². The van der Waals surface area contributed by atoms with Gasteiger partial charge in [-0.15, -0.1) is 0 Å². The van der Waals surface area contributed by atoms with Crippen molar-refractivity contribution in [3.8, 4) is 5.75 Å². The Morgan fingerprint density at radius 1 is 1.00 bits per heavy atom. The van der Waals surface area contributed by atoms with Gasteiger partial charge in [0.15, 0.2) is 0 Å². The first kappa shape index (κ1) is 24.8. The molecular weight excluding hydrogens is 416 g/mol. The number of carbonyl (C=O) groups is 1. The van der Waals surface area contributed by atoms with E-state index >= 15 is 0 Å². The van der Waals surface area contributed by atoms with Gasteiger partial charge < -0.3 is 14.8 Å². The summed E-state index contributed by atoms with van der Waals surface area (Å²) >= 11 is 0. The highest BCUT2D eigenvalue weighted by atomic mass is 32.2. The van der Waals surface area contributed by atoms with E-state index in [9.17, 15) is 13.2 Å². The van der Waals surface area contributed by atoms with Crippen molar-refractivity contribution in [2.45, 2.75) is 50.7 Å². The number of benzene rings is 2. The number of sulfonamides is 1. The zero-order valence-electron chi connectivity index (χ0n) is 18.6. The molecule has 0 bridgehead atoms. The molecule has 31 heavy (non-hydrogen) atoms. The van der Waals surface area contributed by atoms with E-state index in [4.69, 9.17) is 9.47 Å². The SMILES string of the molecule is COCCNS(=O)(=O)c1ccc(C(=O)NC(C)CCc2ccc(OC(C)C)cc2)cc1. The minimum absolute atomic E-state index is 0.0294. The Labute approximate surface area is 185 Å². The van der Waals surface area contributed by atoms with Crippen LogP contribution in [0.25, 0.3) is 0 Å². The molecule has 7 nitrogen and oxygen atoms in total. The van der Waals surface area contributed by atoms with Gasteiger partial charge in [-0.05, 0) is 75.6 Å². The Balaban J connectivity index is 1.85. The van der Waals surface area contributed by atoms with Gasteiger partial charge in [-0.25, -0.2) is 13.1 Å². The molecule has 1 amide bonds. The summed E-state index contributed by atoms with van der Waals surface area (Å²) in [6, 6.07) is 13.8. The van der Waals surface area contributed by atoms with Crippen molar-refractivity contribution in [1.82, 2.24) is 10.0 Å². The van der Waals surface area contributed by atoms with Gasteiger partial charge in [0.05, 0.1) is 17.6 Å².